The van der Waals surface area contributed by atoms with Crippen molar-refractivity contribution < 1.29 is 14.6 Å². The Morgan fingerprint density at radius 3 is 2.45 bits per heavy atom. The standard InChI is InChI=1S/C7H13NO3/c8-6(10)11-7(5-9)3-1-2-4-7/h9H,1-5H2,(H2,8,10). The van der Waals surface area contributed by atoms with E-state index >= 15 is 0 Å². The lowest BCUT2D eigenvalue weighted by atomic mass is 10.0. The Hall–Kier alpha value is -0.770. The van der Waals surface area contributed by atoms with E-state index in [9.17, 15) is 4.79 Å². The first-order valence-corrected chi connectivity index (χ1v) is 3.78. The van der Waals surface area contributed by atoms with Gasteiger partial charge in [0.2, 0.25) is 0 Å². The maximum absolute atomic E-state index is 10.4. The summed E-state index contributed by atoms with van der Waals surface area (Å²) in [6, 6.07) is 0. The predicted octanol–water partition coefficient (Wildman–Crippen LogP) is 0.387. The monoisotopic (exact) mass is 159 g/mol. The van der Waals surface area contributed by atoms with Gasteiger partial charge in [-0.3, -0.25) is 0 Å². The summed E-state index contributed by atoms with van der Waals surface area (Å²) in [6.07, 6.45) is 2.65. The molecule has 3 N–H and O–H groups in total. The van der Waals surface area contributed by atoms with E-state index < -0.39 is 11.7 Å². The number of hydrogen-bond acceptors (Lipinski definition) is 3. The molecule has 0 aromatic carbocycles. The average molecular weight is 159 g/mol. The highest BCUT2D eigenvalue weighted by Gasteiger charge is 2.36. The highest BCUT2D eigenvalue weighted by Crippen LogP contribution is 2.32. The number of carbonyl (C=O) groups excluding carboxylic acids is 1. The maximum Gasteiger partial charge on any atom is 0.405 e. The van der Waals surface area contributed by atoms with E-state index in [-0.39, 0.29) is 6.61 Å². The SMILES string of the molecule is NC(=O)OC1(CO)CCCC1. The molecule has 4 nitrogen and oxygen atoms in total. The quantitative estimate of drug-likeness (QED) is 0.612. The molecule has 4 heteroatoms. The van der Waals surface area contributed by atoms with E-state index in [1.54, 1.807) is 0 Å². The Morgan fingerprint density at radius 1 is 1.55 bits per heavy atom. The minimum Gasteiger partial charge on any atom is -0.441 e. The molecule has 0 heterocycles. The van der Waals surface area contributed by atoms with Gasteiger partial charge in [0, 0.05) is 0 Å². The Kier molecular flexibility index (Phi) is 2.34. The summed E-state index contributed by atoms with van der Waals surface area (Å²) in [6.45, 7) is -0.115. The Labute approximate surface area is 65.3 Å². The number of primary amides is 1. The van der Waals surface area contributed by atoms with Crippen LogP contribution in [0, 0.1) is 0 Å². The van der Waals surface area contributed by atoms with Crippen molar-refractivity contribution in [1.82, 2.24) is 0 Å². The lowest BCUT2D eigenvalue weighted by Crippen LogP contribution is -2.37. The molecule has 0 aliphatic heterocycles. The van der Waals surface area contributed by atoms with E-state index in [2.05, 4.69) is 0 Å². The lowest BCUT2D eigenvalue weighted by molar-refractivity contribution is -0.0210. The molecule has 1 aliphatic rings. The highest BCUT2D eigenvalue weighted by molar-refractivity contribution is 5.65. The second-order valence-corrected chi connectivity index (χ2v) is 2.97. The van der Waals surface area contributed by atoms with E-state index in [1.165, 1.54) is 0 Å². The molecule has 0 unspecified atom stereocenters. The van der Waals surface area contributed by atoms with Gasteiger partial charge in [-0.15, -0.1) is 0 Å². The Morgan fingerprint density at radius 2 is 2.09 bits per heavy atom. The van der Waals surface area contributed by atoms with Crippen LogP contribution in [0.25, 0.3) is 0 Å². The number of amides is 1. The molecule has 0 atom stereocenters. The van der Waals surface area contributed by atoms with Crippen LogP contribution < -0.4 is 5.73 Å². The molecule has 64 valence electrons. The van der Waals surface area contributed by atoms with Crippen LogP contribution in [0.1, 0.15) is 25.7 Å². The smallest absolute Gasteiger partial charge is 0.405 e. The third kappa shape index (κ3) is 1.83. The summed E-state index contributed by atoms with van der Waals surface area (Å²) in [4.78, 5) is 10.4. The van der Waals surface area contributed by atoms with Crippen LogP contribution >= 0.6 is 0 Å². The van der Waals surface area contributed by atoms with Gasteiger partial charge in [0.15, 0.2) is 0 Å². The van der Waals surface area contributed by atoms with Gasteiger partial charge in [-0.2, -0.15) is 0 Å². The van der Waals surface area contributed by atoms with E-state index in [1.807, 2.05) is 0 Å². The minimum atomic E-state index is -0.791. The number of aliphatic hydroxyl groups excluding tert-OH is 1. The van der Waals surface area contributed by atoms with Crippen molar-refractivity contribution >= 4 is 6.09 Å². The lowest BCUT2D eigenvalue weighted by Gasteiger charge is -2.25. The molecule has 0 saturated heterocycles. The molecule has 0 aromatic rings. The predicted molar refractivity (Wildman–Crippen MR) is 39.0 cm³/mol. The molecule has 0 radical (unpaired) electrons. The molecule has 1 rings (SSSR count). The van der Waals surface area contributed by atoms with Crippen molar-refractivity contribution in [2.75, 3.05) is 6.61 Å². The molecule has 1 fully saturated rings. The molecule has 0 aromatic heterocycles. The van der Waals surface area contributed by atoms with Gasteiger partial charge in [0.05, 0.1) is 6.61 Å². The van der Waals surface area contributed by atoms with E-state index in [4.69, 9.17) is 15.6 Å². The zero-order chi connectivity index (χ0) is 8.32. The molecular weight excluding hydrogens is 146 g/mol. The molecule has 1 saturated carbocycles. The van der Waals surface area contributed by atoms with Crippen LogP contribution in [0.15, 0.2) is 0 Å². The van der Waals surface area contributed by atoms with Crippen molar-refractivity contribution in [2.24, 2.45) is 5.73 Å². The second kappa shape index (κ2) is 3.09. The van der Waals surface area contributed by atoms with Gasteiger partial charge in [-0.1, -0.05) is 0 Å². The minimum absolute atomic E-state index is 0.115. The van der Waals surface area contributed by atoms with Crippen molar-refractivity contribution in [3.05, 3.63) is 0 Å². The maximum atomic E-state index is 10.4. The summed E-state index contributed by atoms with van der Waals surface area (Å²) in [5, 5.41) is 8.93. The summed E-state index contributed by atoms with van der Waals surface area (Å²) >= 11 is 0. The number of hydrogen-bond donors (Lipinski definition) is 2. The van der Waals surface area contributed by atoms with Crippen LogP contribution in [-0.4, -0.2) is 23.4 Å². The fourth-order valence-corrected chi connectivity index (χ4v) is 1.53. The first-order valence-electron chi connectivity index (χ1n) is 3.78. The van der Waals surface area contributed by atoms with Crippen LogP contribution in [0.5, 0.6) is 0 Å². The fourth-order valence-electron chi connectivity index (χ4n) is 1.53. The summed E-state index contributed by atoms with van der Waals surface area (Å²) < 4.78 is 4.84. The number of rotatable bonds is 2. The molecule has 0 bridgehead atoms. The third-order valence-electron chi connectivity index (χ3n) is 2.12. The van der Waals surface area contributed by atoms with Crippen molar-refractivity contribution in [3.8, 4) is 0 Å². The van der Waals surface area contributed by atoms with Gasteiger partial charge < -0.3 is 15.6 Å². The zero-order valence-corrected chi connectivity index (χ0v) is 6.38. The Balaban J connectivity index is 2.52. The van der Waals surface area contributed by atoms with Gasteiger partial charge in [0.1, 0.15) is 5.60 Å². The number of carbonyl (C=O) groups is 1. The first kappa shape index (κ1) is 8.33. The molecule has 0 spiro atoms. The van der Waals surface area contributed by atoms with Crippen LogP contribution in [-0.2, 0) is 4.74 Å². The van der Waals surface area contributed by atoms with Crippen LogP contribution in [0.2, 0.25) is 0 Å². The largest absolute Gasteiger partial charge is 0.441 e. The first-order chi connectivity index (χ1) is 5.18. The third-order valence-corrected chi connectivity index (χ3v) is 2.12. The highest BCUT2D eigenvalue weighted by atomic mass is 16.6. The normalized spacial score (nSPS) is 21.5. The zero-order valence-electron chi connectivity index (χ0n) is 6.38. The summed E-state index contributed by atoms with van der Waals surface area (Å²) in [5.74, 6) is 0. The number of ether oxygens (including phenoxy) is 1. The second-order valence-electron chi connectivity index (χ2n) is 2.97. The topological polar surface area (TPSA) is 72.6 Å². The van der Waals surface area contributed by atoms with Crippen molar-refractivity contribution in [1.29, 1.82) is 0 Å². The summed E-state index contributed by atoms with van der Waals surface area (Å²) in [7, 11) is 0. The van der Waals surface area contributed by atoms with E-state index in [0.717, 1.165) is 25.7 Å². The van der Waals surface area contributed by atoms with Gasteiger partial charge >= 0.3 is 6.09 Å². The molecule has 1 aliphatic carbocycles. The fraction of sp³-hybridized carbons (Fsp3) is 0.857. The van der Waals surface area contributed by atoms with Gasteiger partial charge in [-0.25, -0.2) is 4.79 Å². The molecule has 1 amide bonds. The van der Waals surface area contributed by atoms with Crippen molar-refractivity contribution in [2.45, 2.75) is 31.3 Å². The van der Waals surface area contributed by atoms with E-state index in [0.29, 0.717) is 0 Å². The molecular formula is C7H13NO3. The van der Waals surface area contributed by atoms with Crippen LogP contribution in [0.4, 0.5) is 4.79 Å². The number of aliphatic hydroxyl groups is 1. The van der Waals surface area contributed by atoms with Crippen molar-refractivity contribution in [3.63, 3.8) is 0 Å². The van der Waals surface area contributed by atoms with Gasteiger partial charge in [0.25, 0.3) is 0 Å². The Bertz CT molecular complexity index is 152. The summed E-state index contributed by atoms with van der Waals surface area (Å²) in [5.41, 5.74) is 4.20. The van der Waals surface area contributed by atoms with Gasteiger partial charge in [-0.05, 0) is 25.7 Å². The average Bonchev–Trinajstić information content (AvgIpc) is 2.36. The molecule has 11 heavy (non-hydrogen) atoms. The number of nitrogens with two attached hydrogens (primary N) is 1. The van der Waals surface area contributed by atoms with Crippen LogP contribution in [0.3, 0.4) is 0 Å².